The summed E-state index contributed by atoms with van der Waals surface area (Å²) in [4.78, 5) is 11.8. The lowest BCUT2D eigenvalue weighted by atomic mass is 10.1. The molecule has 2 aromatic rings. The van der Waals surface area contributed by atoms with E-state index >= 15 is 0 Å². The molecule has 0 aliphatic carbocycles. The predicted octanol–water partition coefficient (Wildman–Crippen LogP) is 2.84. The van der Waals surface area contributed by atoms with Gasteiger partial charge >= 0.3 is 0 Å². The number of amides is 1. The molecule has 24 heavy (non-hydrogen) atoms. The smallest absolute Gasteiger partial charge is 0.221 e. The maximum absolute atomic E-state index is 11.8. The molecule has 2 aromatic carbocycles. The lowest BCUT2D eigenvalue weighted by Crippen LogP contribution is -2.28. The third kappa shape index (κ3) is 6.42. The highest BCUT2D eigenvalue weighted by atomic mass is 16.5. The molecule has 0 unspecified atom stereocenters. The van der Waals surface area contributed by atoms with Crippen LogP contribution in [0.1, 0.15) is 23.1 Å². The van der Waals surface area contributed by atoms with E-state index in [1.54, 1.807) is 7.11 Å². The Labute approximate surface area is 144 Å². The fourth-order valence-electron chi connectivity index (χ4n) is 2.46. The van der Waals surface area contributed by atoms with Gasteiger partial charge in [0.15, 0.2) is 0 Å². The van der Waals surface area contributed by atoms with Gasteiger partial charge in [-0.2, -0.15) is 0 Å². The third-order valence-electron chi connectivity index (χ3n) is 3.85. The molecule has 128 valence electrons. The molecule has 0 aliphatic heterocycles. The number of hydrogen-bond donors (Lipinski definition) is 2. The molecule has 0 spiro atoms. The maximum Gasteiger partial charge on any atom is 0.221 e. The SMILES string of the molecule is COc1ccc(CCNCCC(=O)NCc2cccc(C)c2)cc1. The van der Waals surface area contributed by atoms with Gasteiger partial charge in [-0.1, -0.05) is 42.0 Å². The number of ether oxygens (including phenoxy) is 1. The summed E-state index contributed by atoms with van der Waals surface area (Å²) in [5.41, 5.74) is 3.60. The average Bonchev–Trinajstić information content (AvgIpc) is 2.60. The van der Waals surface area contributed by atoms with Gasteiger partial charge in [-0.15, -0.1) is 0 Å². The van der Waals surface area contributed by atoms with Crippen molar-refractivity contribution in [2.75, 3.05) is 20.2 Å². The molecule has 0 saturated heterocycles. The van der Waals surface area contributed by atoms with Crippen molar-refractivity contribution in [3.05, 3.63) is 65.2 Å². The Kier molecular flexibility index (Phi) is 7.30. The first kappa shape index (κ1) is 18.0. The Morgan fingerprint density at radius 3 is 2.54 bits per heavy atom. The van der Waals surface area contributed by atoms with Crippen LogP contribution < -0.4 is 15.4 Å². The number of hydrogen-bond acceptors (Lipinski definition) is 3. The van der Waals surface area contributed by atoms with E-state index in [0.29, 0.717) is 19.5 Å². The maximum atomic E-state index is 11.8. The van der Waals surface area contributed by atoms with Crippen molar-refractivity contribution >= 4 is 5.91 Å². The lowest BCUT2D eigenvalue weighted by Gasteiger charge is -2.08. The topological polar surface area (TPSA) is 50.4 Å². The zero-order valence-electron chi connectivity index (χ0n) is 14.5. The van der Waals surface area contributed by atoms with Crippen LogP contribution in [0.4, 0.5) is 0 Å². The molecular formula is C20H26N2O2. The molecule has 0 bridgehead atoms. The van der Waals surface area contributed by atoms with Crippen molar-refractivity contribution in [1.29, 1.82) is 0 Å². The summed E-state index contributed by atoms with van der Waals surface area (Å²) in [5.74, 6) is 0.949. The predicted molar refractivity (Wildman–Crippen MR) is 97.2 cm³/mol. The molecule has 0 aromatic heterocycles. The van der Waals surface area contributed by atoms with E-state index in [-0.39, 0.29) is 5.91 Å². The summed E-state index contributed by atoms with van der Waals surface area (Å²) in [6.07, 6.45) is 1.43. The average molecular weight is 326 g/mol. The molecule has 4 heteroatoms. The number of aryl methyl sites for hydroxylation is 1. The molecule has 0 saturated carbocycles. The zero-order valence-corrected chi connectivity index (χ0v) is 14.5. The number of carbonyl (C=O) groups is 1. The van der Waals surface area contributed by atoms with Crippen LogP contribution in [0.15, 0.2) is 48.5 Å². The lowest BCUT2D eigenvalue weighted by molar-refractivity contribution is -0.121. The molecule has 1 amide bonds. The van der Waals surface area contributed by atoms with Crippen molar-refractivity contribution < 1.29 is 9.53 Å². The molecule has 2 rings (SSSR count). The molecule has 0 atom stereocenters. The Balaban J connectivity index is 1.57. The second-order valence-electron chi connectivity index (χ2n) is 5.86. The molecular weight excluding hydrogens is 300 g/mol. The second kappa shape index (κ2) is 9.73. The summed E-state index contributed by atoms with van der Waals surface area (Å²) in [6.45, 7) is 4.19. The highest BCUT2D eigenvalue weighted by Gasteiger charge is 2.01. The van der Waals surface area contributed by atoms with Crippen molar-refractivity contribution in [1.82, 2.24) is 10.6 Å². The normalized spacial score (nSPS) is 10.4. The first-order chi connectivity index (χ1) is 11.7. The van der Waals surface area contributed by atoms with E-state index < -0.39 is 0 Å². The van der Waals surface area contributed by atoms with Gasteiger partial charge in [0.1, 0.15) is 5.75 Å². The van der Waals surface area contributed by atoms with Crippen LogP contribution in [0.3, 0.4) is 0 Å². The fourth-order valence-corrected chi connectivity index (χ4v) is 2.46. The summed E-state index contributed by atoms with van der Waals surface area (Å²) < 4.78 is 5.14. The quantitative estimate of drug-likeness (QED) is 0.697. The van der Waals surface area contributed by atoms with E-state index in [1.165, 1.54) is 11.1 Å². The summed E-state index contributed by atoms with van der Waals surface area (Å²) in [6, 6.07) is 16.2. The molecule has 0 aliphatic rings. The highest BCUT2D eigenvalue weighted by molar-refractivity contribution is 5.76. The number of methoxy groups -OCH3 is 1. The van der Waals surface area contributed by atoms with Gasteiger partial charge < -0.3 is 15.4 Å². The number of carbonyl (C=O) groups excluding carboxylic acids is 1. The van der Waals surface area contributed by atoms with Crippen molar-refractivity contribution in [2.24, 2.45) is 0 Å². The van der Waals surface area contributed by atoms with Gasteiger partial charge in [-0.05, 0) is 43.1 Å². The summed E-state index contributed by atoms with van der Waals surface area (Å²) >= 11 is 0. The minimum absolute atomic E-state index is 0.0773. The van der Waals surface area contributed by atoms with E-state index in [1.807, 2.05) is 24.3 Å². The molecule has 0 fully saturated rings. The number of rotatable bonds is 9. The van der Waals surface area contributed by atoms with Crippen LogP contribution in [0.25, 0.3) is 0 Å². The number of nitrogens with one attached hydrogen (secondary N) is 2. The van der Waals surface area contributed by atoms with Crippen LogP contribution in [0.5, 0.6) is 5.75 Å². The molecule has 2 N–H and O–H groups in total. The Morgan fingerprint density at radius 1 is 1.04 bits per heavy atom. The Bertz CT molecular complexity index is 638. The first-order valence-electron chi connectivity index (χ1n) is 8.33. The van der Waals surface area contributed by atoms with Gasteiger partial charge in [0, 0.05) is 19.5 Å². The van der Waals surface area contributed by atoms with E-state index in [0.717, 1.165) is 24.3 Å². The van der Waals surface area contributed by atoms with Gasteiger partial charge in [-0.3, -0.25) is 4.79 Å². The van der Waals surface area contributed by atoms with Gasteiger partial charge in [0.2, 0.25) is 5.91 Å². The van der Waals surface area contributed by atoms with E-state index in [4.69, 9.17) is 4.74 Å². The number of benzene rings is 2. The van der Waals surface area contributed by atoms with Gasteiger partial charge in [0.05, 0.1) is 7.11 Å². The van der Waals surface area contributed by atoms with Gasteiger partial charge in [0.25, 0.3) is 0 Å². The van der Waals surface area contributed by atoms with Crippen molar-refractivity contribution in [3.8, 4) is 5.75 Å². The third-order valence-corrected chi connectivity index (χ3v) is 3.85. The highest BCUT2D eigenvalue weighted by Crippen LogP contribution is 2.11. The van der Waals surface area contributed by atoms with Crippen LogP contribution in [-0.4, -0.2) is 26.1 Å². The van der Waals surface area contributed by atoms with Crippen LogP contribution in [0, 0.1) is 6.92 Å². The summed E-state index contributed by atoms with van der Waals surface area (Å²) in [7, 11) is 1.67. The first-order valence-corrected chi connectivity index (χ1v) is 8.33. The zero-order chi connectivity index (χ0) is 17.2. The fraction of sp³-hybridized carbons (Fsp3) is 0.350. The monoisotopic (exact) mass is 326 g/mol. The molecule has 0 radical (unpaired) electrons. The molecule has 0 heterocycles. The Hall–Kier alpha value is -2.33. The molecule has 4 nitrogen and oxygen atoms in total. The van der Waals surface area contributed by atoms with Gasteiger partial charge in [-0.25, -0.2) is 0 Å². The van der Waals surface area contributed by atoms with Crippen LogP contribution in [0.2, 0.25) is 0 Å². The minimum Gasteiger partial charge on any atom is -0.497 e. The van der Waals surface area contributed by atoms with Crippen molar-refractivity contribution in [2.45, 2.75) is 26.3 Å². The minimum atomic E-state index is 0.0773. The van der Waals surface area contributed by atoms with Crippen LogP contribution in [-0.2, 0) is 17.8 Å². The van der Waals surface area contributed by atoms with Crippen molar-refractivity contribution in [3.63, 3.8) is 0 Å². The standard InChI is InChI=1S/C20H26N2O2/c1-16-4-3-5-18(14-16)15-22-20(23)11-13-21-12-10-17-6-8-19(24-2)9-7-17/h3-9,14,21H,10-13,15H2,1-2H3,(H,22,23). The Morgan fingerprint density at radius 2 is 1.83 bits per heavy atom. The van der Waals surface area contributed by atoms with Crippen LogP contribution >= 0.6 is 0 Å². The second-order valence-corrected chi connectivity index (χ2v) is 5.86. The van der Waals surface area contributed by atoms with E-state index in [2.05, 4.69) is 41.8 Å². The largest absolute Gasteiger partial charge is 0.497 e. The van der Waals surface area contributed by atoms with E-state index in [9.17, 15) is 4.79 Å². The summed E-state index contributed by atoms with van der Waals surface area (Å²) in [5, 5.41) is 6.26.